The average Bonchev–Trinajstić information content (AvgIpc) is 3.24. The molecule has 4 aromatic rings. The number of fused-ring (bicyclic) bond motifs is 1. The van der Waals surface area contributed by atoms with Crippen LogP contribution in [0.15, 0.2) is 61.2 Å². The largest absolute Gasteiger partial charge is 0.308 e. The first-order valence-electron chi connectivity index (χ1n) is 8.32. The molecule has 0 fully saturated rings. The molecule has 3 heterocycles. The molecule has 1 aromatic carbocycles. The number of nitrogens with zero attached hydrogens (tertiary/aromatic N) is 5. The van der Waals surface area contributed by atoms with Crippen LogP contribution in [-0.2, 0) is 17.9 Å². The molecule has 0 aliphatic heterocycles. The van der Waals surface area contributed by atoms with Gasteiger partial charge < -0.3 is 5.32 Å². The van der Waals surface area contributed by atoms with Gasteiger partial charge in [0.05, 0.1) is 18.3 Å². The number of anilines is 1. The third-order valence-electron chi connectivity index (χ3n) is 4.02. The van der Waals surface area contributed by atoms with Crippen LogP contribution in [0.25, 0.3) is 10.9 Å². The number of carbonyl (C=O) groups excluding carboxylic acids is 1. The summed E-state index contributed by atoms with van der Waals surface area (Å²) in [7, 11) is 0. The Balaban J connectivity index is 1.45. The summed E-state index contributed by atoms with van der Waals surface area (Å²) < 4.78 is 3.39. The van der Waals surface area contributed by atoms with Crippen LogP contribution >= 0.6 is 0 Å². The van der Waals surface area contributed by atoms with E-state index >= 15 is 0 Å². The van der Waals surface area contributed by atoms with Crippen LogP contribution < -0.4 is 5.32 Å². The van der Waals surface area contributed by atoms with Crippen molar-refractivity contribution in [3.8, 4) is 0 Å². The topological polar surface area (TPSA) is 77.6 Å². The van der Waals surface area contributed by atoms with Crippen molar-refractivity contribution in [2.45, 2.75) is 20.0 Å². The van der Waals surface area contributed by atoms with Gasteiger partial charge in [-0.05, 0) is 24.1 Å². The van der Waals surface area contributed by atoms with Crippen molar-refractivity contribution in [2.75, 3.05) is 5.32 Å². The molecule has 26 heavy (non-hydrogen) atoms. The smallest absolute Gasteiger partial charge is 0.247 e. The van der Waals surface area contributed by atoms with Gasteiger partial charge in [0, 0.05) is 30.0 Å². The van der Waals surface area contributed by atoms with Crippen molar-refractivity contribution in [3.63, 3.8) is 0 Å². The average molecular weight is 346 g/mol. The van der Waals surface area contributed by atoms with Crippen LogP contribution in [0.5, 0.6) is 0 Å². The molecule has 0 atom stereocenters. The zero-order valence-corrected chi connectivity index (χ0v) is 14.3. The zero-order chi connectivity index (χ0) is 17.9. The standard InChI is InChI=1S/C19H18N6O/c1-14-10-21-25(11-14)13-18(26)22-17-7-9-24(23-17)12-16-5-2-4-15-6-3-8-20-19(15)16/h2-11H,12-13H2,1H3,(H,22,23,26). The molecule has 4 rings (SSSR count). The molecular formula is C19H18N6O. The van der Waals surface area contributed by atoms with Crippen molar-refractivity contribution >= 4 is 22.6 Å². The summed E-state index contributed by atoms with van der Waals surface area (Å²) >= 11 is 0. The highest BCUT2D eigenvalue weighted by molar-refractivity contribution is 5.89. The van der Waals surface area contributed by atoms with E-state index in [1.807, 2.05) is 49.6 Å². The predicted molar refractivity (Wildman–Crippen MR) is 98.7 cm³/mol. The van der Waals surface area contributed by atoms with Gasteiger partial charge in [-0.3, -0.25) is 19.1 Å². The molecule has 0 spiro atoms. The summed E-state index contributed by atoms with van der Waals surface area (Å²) in [5, 5.41) is 12.4. The number of aryl methyl sites for hydroxylation is 1. The van der Waals surface area contributed by atoms with Crippen LogP contribution in [0.1, 0.15) is 11.1 Å². The van der Waals surface area contributed by atoms with Crippen molar-refractivity contribution in [3.05, 3.63) is 72.3 Å². The van der Waals surface area contributed by atoms with E-state index in [0.717, 1.165) is 22.0 Å². The number of hydrogen-bond acceptors (Lipinski definition) is 4. The van der Waals surface area contributed by atoms with Crippen LogP contribution in [-0.4, -0.2) is 30.5 Å². The third kappa shape index (κ3) is 3.46. The Morgan fingerprint density at radius 1 is 1.15 bits per heavy atom. The minimum atomic E-state index is -0.162. The number of nitrogens with one attached hydrogen (secondary N) is 1. The molecule has 130 valence electrons. The third-order valence-corrected chi connectivity index (χ3v) is 4.02. The van der Waals surface area contributed by atoms with Gasteiger partial charge >= 0.3 is 0 Å². The van der Waals surface area contributed by atoms with Gasteiger partial charge in [0.1, 0.15) is 6.54 Å². The van der Waals surface area contributed by atoms with E-state index in [1.54, 1.807) is 27.8 Å². The van der Waals surface area contributed by atoms with E-state index in [1.165, 1.54) is 0 Å². The highest BCUT2D eigenvalue weighted by Gasteiger charge is 2.08. The molecule has 7 nitrogen and oxygen atoms in total. The zero-order valence-electron chi connectivity index (χ0n) is 14.3. The summed E-state index contributed by atoms with van der Waals surface area (Å²) in [6.07, 6.45) is 7.18. The summed E-state index contributed by atoms with van der Waals surface area (Å²) in [6.45, 7) is 2.68. The van der Waals surface area contributed by atoms with E-state index in [4.69, 9.17) is 0 Å². The first-order chi connectivity index (χ1) is 12.7. The van der Waals surface area contributed by atoms with E-state index in [2.05, 4.69) is 20.5 Å². The van der Waals surface area contributed by atoms with E-state index in [9.17, 15) is 4.79 Å². The van der Waals surface area contributed by atoms with Crippen molar-refractivity contribution in [2.24, 2.45) is 0 Å². The maximum absolute atomic E-state index is 12.1. The number of hydrogen-bond donors (Lipinski definition) is 1. The lowest BCUT2D eigenvalue weighted by molar-refractivity contribution is -0.116. The minimum absolute atomic E-state index is 0.161. The van der Waals surface area contributed by atoms with Gasteiger partial charge in [0.2, 0.25) is 5.91 Å². The van der Waals surface area contributed by atoms with Gasteiger partial charge in [-0.1, -0.05) is 24.3 Å². The molecule has 1 N–H and O–H groups in total. The SMILES string of the molecule is Cc1cnn(CC(=O)Nc2ccn(Cc3cccc4cccnc34)n2)c1. The van der Waals surface area contributed by atoms with E-state index in [0.29, 0.717) is 12.4 Å². The molecule has 0 saturated heterocycles. The van der Waals surface area contributed by atoms with Gasteiger partial charge in [-0.2, -0.15) is 10.2 Å². The predicted octanol–water partition coefficient (Wildman–Crippen LogP) is 2.62. The van der Waals surface area contributed by atoms with E-state index in [-0.39, 0.29) is 12.5 Å². The first-order valence-corrected chi connectivity index (χ1v) is 8.32. The summed E-state index contributed by atoms with van der Waals surface area (Å²) in [5.41, 5.74) is 3.06. The van der Waals surface area contributed by atoms with Crippen molar-refractivity contribution < 1.29 is 4.79 Å². The Kier molecular flexibility index (Phi) is 4.18. The van der Waals surface area contributed by atoms with Crippen molar-refractivity contribution in [1.82, 2.24) is 24.5 Å². The molecular weight excluding hydrogens is 328 g/mol. The number of rotatable bonds is 5. The molecule has 0 aliphatic rings. The maximum atomic E-state index is 12.1. The molecule has 0 aliphatic carbocycles. The van der Waals surface area contributed by atoms with Crippen LogP contribution in [0.3, 0.4) is 0 Å². The molecule has 7 heteroatoms. The second-order valence-corrected chi connectivity index (χ2v) is 6.15. The second-order valence-electron chi connectivity index (χ2n) is 6.15. The minimum Gasteiger partial charge on any atom is -0.308 e. The quantitative estimate of drug-likeness (QED) is 0.602. The lowest BCUT2D eigenvalue weighted by atomic mass is 10.1. The Labute approximate surface area is 150 Å². The highest BCUT2D eigenvalue weighted by atomic mass is 16.2. The van der Waals surface area contributed by atoms with Crippen LogP contribution in [0.4, 0.5) is 5.82 Å². The Morgan fingerprint density at radius 3 is 2.88 bits per heavy atom. The summed E-state index contributed by atoms with van der Waals surface area (Å²) in [4.78, 5) is 16.6. The fourth-order valence-electron chi connectivity index (χ4n) is 2.87. The Morgan fingerprint density at radius 2 is 2.04 bits per heavy atom. The molecule has 0 saturated carbocycles. The molecule has 0 unspecified atom stereocenters. The number of pyridine rings is 1. The Bertz CT molecular complexity index is 1060. The van der Waals surface area contributed by atoms with Gasteiger partial charge in [-0.25, -0.2) is 0 Å². The maximum Gasteiger partial charge on any atom is 0.247 e. The van der Waals surface area contributed by atoms with Crippen LogP contribution in [0.2, 0.25) is 0 Å². The van der Waals surface area contributed by atoms with Gasteiger partial charge in [0.15, 0.2) is 5.82 Å². The number of aromatic nitrogens is 5. The normalized spacial score (nSPS) is 11.0. The number of para-hydroxylation sites is 1. The number of benzene rings is 1. The molecule has 1 amide bonds. The van der Waals surface area contributed by atoms with Crippen molar-refractivity contribution in [1.29, 1.82) is 0 Å². The first kappa shape index (κ1) is 16.0. The summed E-state index contributed by atoms with van der Waals surface area (Å²) in [6, 6.07) is 11.8. The monoisotopic (exact) mass is 346 g/mol. The number of carbonyl (C=O) groups is 1. The van der Waals surface area contributed by atoms with E-state index < -0.39 is 0 Å². The fraction of sp³-hybridized carbons (Fsp3) is 0.158. The van der Waals surface area contributed by atoms with Gasteiger partial charge in [0.25, 0.3) is 0 Å². The lowest BCUT2D eigenvalue weighted by Crippen LogP contribution is -2.19. The summed E-state index contributed by atoms with van der Waals surface area (Å²) in [5.74, 6) is 0.359. The van der Waals surface area contributed by atoms with Crippen LogP contribution in [0, 0.1) is 6.92 Å². The molecule has 3 aromatic heterocycles. The Hall–Kier alpha value is -3.48. The second kappa shape index (κ2) is 6.79. The van der Waals surface area contributed by atoms with Gasteiger partial charge in [-0.15, -0.1) is 0 Å². The molecule has 0 bridgehead atoms. The molecule has 0 radical (unpaired) electrons. The highest BCUT2D eigenvalue weighted by Crippen LogP contribution is 2.17. The lowest BCUT2D eigenvalue weighted by Gasteiger charge is -2.06. The fourth-order valence-corrected chi connectivity index (χ4v) is 2.87. The number of amides is 1.